The smallest absolute Gasteiger partial charge is 0.255 e. The summed E-state index contributed by atoms with van der Waals surface area (Å²) in [6.07, 6.45) is 0. The molecule has 0 spiro atoms. The number of carbonyl (C=O) groups excluding carboxylic acids is 1. The average molecular weight is 449 g/mol. The highest BCUT2D eigenvalue weighted by atomic mass is 32.2. The lowest BCUT2D eigenvalue weighted by molar-refractivity contribution is 0.102. The number of benzene rings is 3. The van der Waals surface area contributed by atoms with Crippen LogP contribution in [0.15, 0.2) is 77.7 Å². The third kappa shape index (κ3) is 4.15. The molecule has 0 atom stereocenters. The predicted molar refractivity (Wildman–Crippen MR) is 126 cm³/mol. The highest BCUT2D eigenvalue weighted by Gasteiger charge is 2.23. The lowest BCUT2D eigenvalue weighted by atomic mass is 10.1. The molecule has 0 saturated carbocycles. The molecule has 32 heavy (non-hydrogen) atoms. The van der Waals surface area contributed by atoms with Crippen molar-refractivity contribution in [3.8, 4) is 11.4 Å². The number of H-pyrrole nitrogens is 1. The predicted octanol–water partition coefficient (Wildman–Crippen LogP) is 4.51. The van der Waals surface area contributed by atoms with Crippen LogP contribution >= 0.6 is 0 Å². The Balaban J connectivity index is 1.59. The van der Waals surface area contributed by atoms with E-state index in [1.54, 1.807) is 19.9 Å². The van der Waals surface area contributed by atoms with Crippen molar-refractivity contribution in [2.24, 2.45) is 0 Å². The minimum absolute atomic E-state index is 0.146. The summed E-state index contributed by atoms with van der Waals surface area (Å²) in [4.78, 5) is 20.9. The first-order valence-electron chi connectivity index (χ1n) is 10.2. The Morgan fingerprint density at radius 1 is 0.969 bits per heavy atom. The molecule has 2 N–H and O–H groups in total. The standard InChI is InChI=1S/C24H24N4O3S/c1-16(2)28(3)32(30,31)18-14-12-17(13-15-18)24(29)27-20-9-5-4-8-19(20)23-25-21-10-6-7-11-22(21)26-23/h4-16H,1-3H3,(H,25,26)(H,27,29). The molecule has 1 aromatic heterocycles. The van der Waals surface area contributed by atoms with Gasteiger partial charge in [-0.3, -0.25) is 4.79 Å². The molecule has 1 amide bonds. The van der Waals surface area contributed by atoms with Gasteiger partial charge in [0.25, 0.3) is 5.91 Å². The molecule has 0 bridgehead atoms. The van der Waals surface area contributed by atoms with E-state index in [2.05, 4.69) is 15.3 Å². The van der Waals surface area contributed by atoms with E-state index >= 15 is 0 Å². The Morgan fingerprint density at radius 2 is 1.62 bits per heavy atom. The van der Waals surface area contributed by atoms with Gasteiger partial charge in [-0.1, -0.05) is 24.3 Å². The van der Waals surface area contributed by atoms with E-state index in [-0.39, 0.29) is 16.8 Å². The monoisotopic (exact) mass is 448 g/mol. The molecule has 0 aliphatic rings. The number of fused-ring (bicyclic) bond motifs is 1. The highest BCUT2D eigenvalue weighted by Crippen LogP contribution is 2.28. The van der Waals surface area contributed by atoms with Gasteiger partial charge in [-0.25, -0.2) is 13.4 Å². The van der Waals surface area contributed by atoms with Crippen LogP contribution in [0.1, 0.15) is 24.2 Å². The first kappa shape index (κ1) is 21.7. The molecule has 164 valence electrons. The van der Waals surface area contributed by atoms with Gasteiger partial charge in [0.1, 0.15) is 5.82 Å². The minimum atomic E-state index is -3.61. The summed E-state index contributed by atoms with van der Waals surface area (Å²) in [6, 6.07) is 20.9. The summed E-state index contributed by atoms with van der Waals surface area (Å²) in [7, 11) is -2.07. The van der Waals surface area contributed by atoms with Crippen LogP contribution in [0.25, 0.3) is 22.4 Å². The van der Waals surface area contributed by atoms with Gasteiger partial charge in [0, 0.05) is 24.2 Å². The zero-order valence-electron chi connectivity index (χ0n) is 18.0. The van der Waals surface area contributed by atoms with Crippen molar-refractivity contribution in [3.63, 3.8) is 0 Å². The van der Waals surface area contributed by atoms with Crippen molar-refractivity contribution >= 4 is 32.7 Å². The molecule has 3 aromatic carbocycles. The van der Waals surface area contributed by atoms with E-state index < -0.39 is 10.0 Å². The molecule has 7 nitrogen and oxygen atoms in total. The number of sulfonamides is 1. The van der Waals surface area contributed by atoms with Crippen LogP contribution < -0.4 is 5.32 Å². The summed E-state index contributed by atoms with van der Waals surface area (Å²) in [6.45, 7) is 3.61. The molecule has 8 heteroatoms. The Bertz CT molecular complexity index is 1340. The van der Waals surface area contributed by atoms with Crippen LogP contribution in [-0.4, -0.2) is 41.7 Å². The largest absolute Gasteiger partial charge is 0.338 e. The third-order valence-electron chi connectivity index (χ3n) is 5.34. The molecule has 0 aliphatic heterocycles. The number of nitrogens with one attached hydrogen (secondary N) is 2. The summed E-state index contributed by atoms with van der Waals surface area (Å²) >= 11 is 0. The molecule has 0 aliphatic carbocycles. The lowest BCUT2D eigenvalue weighted by Gasteiger charge is -2.21. The first-order valence-corrected chi connectivity index (χ1v) is 11.6. The van der Waals surface area contributed by atoms with Crippen LogP contribution in [0.2, 0.25) is 0 Å². The Labute approximate surface area is 187 Å². The van der Waals surface area contributed by atoms with E-state index in [1.807, 2.05) is 42.5 Å². The number of hydrogen-bond donors (Lipinski definition) is 2. The van der Waals surface area contributed by atoms with Crippen LogP contribution in [0.3, 0.4) is 0 Å². The van der Waals surface area contributed by atoms with Crippen LogP contribution in [0.4, 0.5) is 5.69 Å². The fourth-order valence-corrected chi connectivity index (χ4v) is 4.66. The number of nitrogens with zero attached hydrogens (tertiary/aromatic N) is 2. The molecule has 0 radical (unpaired) electrons. The van der Waals surface area contributed by atoms with E-state index in [0.29, 0.717) is 17.1 Å². The van der Waals surface area contributed by atoms with Crippen molar-refractivity contribution in [1.29, 1.82) is 0 Å². The summed E-state index contributed by atoms with van der Waals surface area (Å²) in [5.74, 6) is 0.315. The summed E-state index contributed by atoms with van der Waals surface area (Å²) in [5, 5.41) is 2.91. The zero-order valence-corrected chi connectivity index (χ0v) is 18.8. The minimum Gasteiger partial charge on any atom is -0.338 e. The number of anilines is 1. The lowest BCUT2D eigenvalue weighted by Crippen LogP contribution is -2.33. The van der Waals surface area contributed by atoms with Crippen LogP contribution in [-0.2, 0) is 10.0 Å². The van der Waals surface area contributed by atoms with Crippen LogP contribution in [0, 0.1) is 0 Å². The second-order valence-electron chi connectivity index (χ2n) is 7.74. The second-order valence-corrected chi connectivity index (χ2v) is 9.74. The number of aromatic amines is 1. The topological polar surface area (TPSA) is 95.2 Å². The summed E-state index contributed by atoms with van der Waals surface area (Å²) in [5.41, 5.74) is 3.47. The molecular weight excluding hydrogens is 424 g/mol. The number of carbonyl (C=O) groups is 1. The molecule has 4 rings (SSSR count). The number of rotatable bonds is 6. The molecule has 0 saturated heterocycles. The van der Waals surface area contributed by atoms with Crippen LogP contribution in [0.5, 0.6) is 0 Å². The zero-order chi connectivity index (χ0) is 22.9. The third-order valence-corrected chi connectivity index (χ3v) is 7.39. The molecule has 4 aromatic rings. The normalized spacial score (nSPS) is 11.9. The van der Waals surface area contributed by atoms with Gasteiger partial charge in [-0.15, -0.1) is 0 Å². The Kier molecular flexibility index (Phi) is 5.82. The summed E-state index contributed by atoms with van der Waals surface area (Å²) < 4.78 is 26.6. The SMILES string of the molecule is CC(C)N(C)S(=O)(=O)c1ccc(C(=O)Nc2ccccc2-c2nc3ccccc3[nH]2)cc1. The maximum atomic E-state index is 12.9. The number of aromatic nitrogens is 2. The number of imidazole rings is 1. The Morgan fingerprint density at radius 3 is 2.31 bits per heavy atom. The molecule has 0 unspecified atom stereocenters. The average Bonchev–Trinajstić information content (AvgIpc) is 3.23. The van der Waals surface area contributed by atoms with Gasteiger partial charge in [-0.2, -0.15) is 4.31 Å². The van der Waals surface area contributed by atoms with Crippen molar-refractivity contribution < 1.29 is 13.2 Å². The van der Waals surface area contributed by atoms with Crippen molar-refractivity contribution in [3.05, 3.63) is 78.4 Å². The Hall–Kier alpha value is -3.49. The fourth-order valence-electron chi connectivity index (χ4n) is 3.30. The maximum Gasteiger partial charge on any atom is 0.255 e. The maximum absolute atomic E-state index is 12.9. The van der Waals surface area contributed by atoms with Gasteiger partial charge in [0.15, 0.2) is 0 Å². The van der Waals surface area contributed by atoms with Gasteiger partial charge >= 0.3 is 0 Å². The quantitative estimate of drug-likeness (QED) is 0.454. The molecule has 1 heterocycles. The second kappa shape index (κ2) is 8.57. The molecule has 0 fully saturated rings. The van der Waals surface area contributed by atoms with Gasteiger partial charge in [0.05, 0.1) is 21.6 Å². The van der Waals surface area contributed by atoms with E-state index in [4.69, 9.17) is 0 Å². The van der Waals surface area contributed by atoms with Gasteiger partial charge in [0.2, 0.25) is 10.0 Å². The van der Waals surface area contributed by atoms with Crippen molar-refractivity contribution in [2.45, 2.75) is 24.8 Å². The van der Waals surface area contributed by atoms with Gasteiger partial charge in [-0.05, 0) is 62.4 Å². The van der Waals surface area contributed by atoms with Crippen molar-refractivity contribution in [2.75, 3.05) is 12.4 Å². The number of para-hydroxylation sites is 3. The highest BCUT2D eigenvalue weighted by molar-refractivity contribution is 7.89. The van der Waals surface area contributed by atoms with Crippen molar-refractivity contribution in [1.82, 2.24) is 14.3 Å². The molecular formula is C24H24N4O3S. The number of amides is 1. The first-order chi connectivity index (χ1) is 15.3. The van der Waals surface area contributed by atoms with E-state index in [1.165, 1.54) is 35.6 Å². The van der Waals surface area contributed by atoms with Gasteiger partial charge < -0.3 is 10.3 Å². The van der Waals surface area contributed by atoms with E-state index in [0.717, 1.165) is 16.6 Å². The van der Waals surface area contributed by atoms with E-state index in [9.17, 15) is 13.2 Å². The fraction of sp³-hybridized carbons (Fsp3) is 0.167. The number of hydrogen-bond acceptors (Lipinski definition) is 4.